The van der Waals surface area contributed by atoms with Crippen LogP contribution >= 0.6 is 24.8 Å². The molecule has 0 aromatic heterocycles. The Balaban J connectivity index is 0.00000150. The van der Waals surface area contributed by atoms with Crippen LogP contribution in [0.15, 0.2) is 48.5 Å². The van der Waals surface area contributed by atoms with E-state index in [2.05, 4.69) is 46.2 Å². The van der Waals surface area contributed by atoms with Crippen molar-refractivity contribution in [2.45, 2.75) is 25.4 Å². The highest BCUT2D eigenvalue weighted by Gasteiger charge is 2.21. The van der Waals surface area contributed by atoms with Crippen molar-refractivity contribution in [3.8, 4) is 5.75 Å². The summed E-state index contributed by atoms with van der Waals surface area (Å²) < 4.78 is 11.3. The molecular weight excluding hydrogens is 407 g/mol. The molecule has 1 atom stereocenters. The molecular formula is C23H32Cl2N2O2. The van der Waals surface area contributed by atoms with Gasteiger partial charge in [-0.2, -0.15) is 0 Å². The molecule has 0 amide bonds. The molecule has 2 aliphatic rings. The fourth-order valence-electron chi connectivity index (χ4n) is 4.24. The number of hydrogen-bond acceptors (Lipinski definition) is 4. The Morgan fingerprint density at radius 2 is 1.69 bits per heavy atom. The van der Waals surface area contributed by atoms with Crippen LogP contribution < -0.4 is 9.64 Å². The lowest BCUT2D eigenvalue weighted by molar-refractivity contribution is 0.0332. The Kier molecular flexibility index (Phi) is 9.57. The fourth-order valence-corrected chi connectivity index (χ4v) is 4.24. The molecule has 1 fully saturated rings. The van der Waals surface area contributed by atoms with Crippen LogP contribution in [0.1, 0.15) is 30.1 Å². The lowest BCUT2D eigenvalue weighted by Crippen LogP contribution is -2.46. The molecule has 4 rings (SSSR count). The molecule has 0 spiro atoms. The van der Waals surface area contributed by atoms with E-state index in [0.29, 0.717) is 0 Å². The third-order valence-electron chi connectivity index (χ3n) is 5.84. The molecule has 2 heterocycles. The summed E-state index contributed by atoms with van der Waals surface area (Å²) in [6.07, 6.45) is 3.66. The van der Waals surface area contributed by atoms with E-state index in [4.69, 9.17) is 9.47 Å². The number of nitrogens with zero attached hydrogens (tertiary/aromatic N) is 2. The number of hydrogen-bond donors (Lipinski definition) is 0. The maximum atomic E-state index is 6.05. The van der Waals surface area contributed by atoms with E-state index >= 15 is 0 Å². The van der Waals surface area contributed by atoms with Crippen LogP contribution in [0.3, 0.4) is 0 Å². The smallest absolute Gasteiger partial charge is 0.119 e. The van der Waals surface area contributed by atoms with E-state index < -0.39 is 0 Å². The molecule has 0 radical (unpaired) electrons. The fraction of sp³-hybridized carbons (Fsp3) is 0.478. The van der Waals surface area contributed by atoms with E-state index in [-0.39, 0.29) is 30.9 Å². The van der Waals surface area contributed by atoms with Crippen LogP contribution in [0.2, 0.25) is 0 Å². The quantitative estimate of drug-likeness (QED) is 0.648. The molecule has 2 aromatic rings. The third-order valence-corrected chi connectivity index (χ3v) is 5.84. The molecule has 0 aliphatic carbocycles. The van der Waals surface area contributed by atoms with E-state index in [9.17, 15) is 0 Å². The highest BCUT2D eigenvalue weighted by molar-refractivity contribution is 5.85. The summed E-state index contributed by atoms with van der Waals surface area (Å²) in [7, 11) is 1.71. The molecule has 6 heteroatoms. The van der Waals surface area contributed by atoms with Crippen molar-refractivity contribution in [2.75, 3.05) is 51.3 Å². The van der Waals surface area contributed by atoms with E-state index in [1.54, 1.807) is 7.11 Å². The number of fused-ring (bicyclic) bond motifs is 1. The highest BCUT2D eigenvalue weighted by Crippen LogP contribution is 2.30. The van der Waals surface area contributed by atoms with Gasteiger partial charge in [-0.25, -0.2) is 0 Å². The number of rotatable bonds is 6. The van der Waals surface area contributed by atoms with Crippen molar-refractivity contribution in [3.05, 3.63) is 59.7 Å². The monoisotopic (exact) mass is 438 g/mol. The van der Waals surface area contributed by atoms with Gasteiger partial charge < -0.3 is 14.4 Å². The number of anilines is 1. The van der Waals surface area contributed by atoms with Crippen molar-refractivity contribution < 1.29 is 9.47 Å². The summed E-state index contributed by atoms with van der Waals surface area (Å²) in [5.74, 6) is 0.920. The van der Waals surface area contributed by atoms with Crippen LogP contribution in [0.4, 0.5) is 5.69 Å². The summed E-state index contributed by atoms with van der Waals surface area (Å²) in [4.78, 5) is 5.06. The maximum absolute atomic E-state index is 6.05. The van der Waals surface area contributed by atoms with Gasteiger partial charge in [0.25, 0.3) is 0 Å². The van der Waals surface area contributed by atoms with E-state index in [1.165, 1.54) is 29.8 Å². The van der Waals surface area contributed by atoms with Gasteiger partial charge in [-0.05, 0) is 61.2 Å². The van der Waals surface area contributed by atoms with Gasteiger partial charge in [-0.3, -0.25) is 4.90 Å². The van der Waals surface area contributed by atoms with Crippen molar-refractivity contribution in [2.24, 2.45) is 0 Å². The summed E-state index contributed by atoms with van der Waals surface area (Å²) >= 11 is 0. The van der Waals surface area contributed by atoms with Crippen molar-refractivity contribution in [1.29, 1.82) is 0 Å². The largest absolute Gasteiger partial charge is 0.497 e. The van der Waals surface area contributed by atoms with Gasteiger partial charge in [-0.15, -0.1) is 24.8 Å². The first-order valence-corrected chi connectivity index (χ1v) is 10.1. The Labute approximate surface area is 187 Å². The summed E-state index contributed by atoms with van der Waals surface area (Å²) in [6, 6.07) is 17.2. The molecule has 4 nitrogen and oxygen atoms in total. The van der Waals surface area contributed by atoms with Crippen molar-refractivity contribution in [3.63, 3.8) is 0 Å². The molecule has 2 aromatic carbocycles. The zero-order valence-corrected chi connectivity index (χ0v) is 18.7. The standard InChI is InChI=1S/C23H30N2O2.2ClH/c1-26-21-10-8-20(9-11-21)25-16-14-24(15-17-25)13-4-7-23-22-6-3-2-5-19(22)12-18-27-23;;/h2-3,5-6,8-11,23H,4,7,12-18H2,1H3;2*1H. The first-order chi connectivity index (χ1) is 13.3. The Morgan fingerprint density at radius 1 is 0.966 bits per heavy atom. The Morgan fingerprint density at radius 3 is 2.41 bits per heavy atom. The minimum Gasteiger partial charge on any atom is -0.497 e. The maximum Gasteiger partial charge on any atom is 0.119 e. The van der Waals surface area contributed by atoms with Crippen LogP contribution in [0.5, 0.6) is 5.75 Å². The normalized spacial score (nSPS) is 18.9. The average molecular weight is 439 g/mol. The molecule has 2 aliphatic heterocycles. The molecule has 0 N–H and O–H groups in total. The third kappa shape index (κ3) is 6.02. The summed E-state index contributed by atoms with van der Waals surface area (Å²) in [6.45, 7) is 6.48. The lowest BCUT2D eigenvalue weighted by atomic mass is 9.95. The second-order valence-electron chi connectivity index (χ2n) is 7.48. The number of piperazine rings is 1. The van der Waals surface area contributed by atoms with Crippen LogP contribution in [0.25, 0.3) is 0 Å². The van der Waals surface area contributed by atoms with Crippen LogP contribution in [0, 0.1) is 0 Å². The zero-order valence-electron chi connectivity index (χ0n) is 17.1. The van der Waals surface area contributed by atoms with Gasteiger partial charge in [0.2, 0.25) is 0 Å². The van der Waals surface area contributed by atoms with Crippen molar-refractivity contribution >= 4 is 30.5 Å². The number of methoxy groups -OCH3 is 1. The topological polar surface area (TPSA) is 24.9 Å². The first kappa shape index (κ1) is 23.8. The summed E-state index contributed by atoms with van der Waals surface area (Å²) in [5.41, 5.74) is 4.18. The molecule has 160 valence electrons. The number of halogens is 2. The predicted molar refractivity (Wildman–Crippen MR) is 124 cm³/mol. The minimum absolute atomic E-state index is 0. The van der Waals surface area contributed by atoms with Gasteiger partial charge in [-0.1, -0.05) is 24.3 Å². The molecule has 0 saturated carbocycles. The lowest BCUT2D eigenvalue weighted by Gasteiger charge is -2.36. The summed E-state index contributed by atoms with van der Waals surface area (Å²) in [5, 5.41) is 0. The van der Waals surface area contributed by atoms with Crippen LogP contribution in [-0.4, -0.2) is 51.3 Å². The predicted octanol–water partition coefficient (Wildman–Crippen LogP) is 4.76. The number of benzene rings is 2. The van der Waals surface area contributed by atoms with Crippen molar-refractivity contribution in [1.82, 2.24) is 4.90 Å². The number of ether oxygens (including phenoxy) is 2. The van der Waals surface area contributed by atoms with E-state index in [1.807, 2.05) is 12.1 Å². The van der Waals surface area contributed by atoms with Gasteiger partial charge in [0, 0.05) is 31.9 Å². The molecule has 1 saturated heterocycles. The second kappa shape index (κ2) is 11.7. The molecule has 0 bridgehead atoms. The zero-order chi connectivity index (χ0) is 18.5. The van der Waals surface area contributed by atoms with Gasteiger partial charge in [0.15, 0.2) is 0 Å². The van der Waals surface area contributed by atoms with Gasteiger partial charge >= 0.3 is 0 Å². The Bertz CT molecular complexity index is 734. The Hall–Kier alpha value is -1.46. The SMILES string of the molecule is COc1ccc(N2CCN(CCCC3OCCc4ccccc43)CC2)cc1.Cl.Cl. The van der Waals surface area contributed by atoms with E-state index in [0.717, 1.165) is 51.4 Å². The first-order valence-electron chi connectivity index (χ1n) is 10.1. The highest BCUT2D eigenvalue weighted by atomic mass is 35.5. The van der Waals surface area contributed by atoms with Crippen LogP contribution in [-0.2, 0) is 11.2 Å². The second-order valence-corrected chi connectivity index (χ2v) is 7.48. The molecule has 29 heavy (non-hydrogen) atoms. The molecule has 1 unspecified atom stereocenters. The average Bonchev–Trinajstić information content (AvgIpc) is 2.74. The van der Waals surface area contributed by atoms with Gasteiger partial charge in [0.1, 0.15) is 5.75 Å². The van der Waals surface area contributed by atoms with Gasteiger partial charge in [0.05, 0.1) is 19.8 Å². The minimum atomic E-state index is 0.